The van der Waals surface area contributed by atoms with E-state index in [9.17, 15) is 9.90 Å². The summed E-state index contributed by atoms with van der Waals surface area (Å²) in [5.74, 6) is -1.41. The molecule has 0 radical (unpaired) electrons. The minimum Gasteiger partial charge on any atom is -0.406 e. The second kappa shape index (κ2) is 36.8. The zero-order valence-corrected chi connectivity index (χ0v) is 47.5. The van der Waals surface area contributed by atoms with Crippen LogP contribution in [0.5, 0.6) is 0 Å². The van der Waals surface area contributed by atoms with Crippen molar-refractivity contribution in [3.8, 4) is 0 Å². The van der Waals surface area contributed by atoms with Crippen molar-refractivity contribution in [1.29, 1.82) is 0 Å². The van der Waals surface area contributed by atoms with Crippen molar-refractivity contribution < 1.29 is 18.8 Å². The van der Waals surface area contributed by atoms with Crippen LogP contribution in [-0.4, -0.2) is 45.6 Å². The van der Waals surface area contributed by atoms with Gasteiger partial charge in [0.25, 0.3) is 0 Å². The van der Waals surface area contributed by atoms with Gasteiger partial charge in [-0.05, 0) is 56.0 Å². The van der Waals surface area contributed by atoms with Crippen LogP contribution in [0.15, 0.2) is 0 Å². The number of nitrogens with one attached hydrogen (secondary N) is 1. The maximum Gasteiger partial charge on any atom is 0.220 e. The van der Waals surface area contributed by atoms with Crippen LogP contribution in [0.3, 0.4) is 0 Å². The van der Waals surface area contributed by atoms with Crippen LogP contribution in [0.1, 0.15) is 300 Å². The van der Waals surface area contributed by atoms with Gasteiger partial charge in [-0.1, -0.05) is 267 Å². The fourth-order valence-electron chi connectivity index (χ4n) is 8.62. The highest BCUT2D eigenvalue weighted by atomic mass is 28.4. The summed E-state index contributed by atoms with van der Waals surface area (Å²) in [5, 5.41) is 16.1. The fraction of sp³-hybridized carbons (Fsp3) is 0.982. The molecule has 0 aromatic heterocycles. The molecule has 63 heavy (non-hydrogen) atoms. The standard InChI is InChI=1S/C56H117NO4Si2/c1-14-16-18-20-22-24-26-28-29-30-31-32-33-34-35-36-37-38-39-41-43-45-47-49-52(58)57-51(3)53(60-62(10,11)54(4,5)6)56(59,61-63(12,13)55(7,8)9)50-48-46-44-42-40-27-25-23-21-19-17-15-2/h51,53,59H,14-50H2,1-13H3,(H,57,58). The smallest absolute Gasteiger partial charge is 0.220 e. The largest absolute Gasteiger partial charge is 0.406 e. The first-order valence-electron chi connectivity index (χ1n) is 28.1. The summed E-state index contributed by atoms with van der Waals surface area (Å²) in [5.41, 5.74) is 0. The van der Waals surface area contributed by atoms with Gasteiger partial charge in [0.15, 0.2) is 22.4 Å². The SMILES string of the molecule is CCCCCCCCCCCCCCCCCCCCCCCCCC(=O)NC(C)C(O[Si](C)(C)C(C)(C)C)C(O)(CCCCCCCCCCCCCC)O[Si](C)(C)C(C)(C)C. The van der Waals surface area contributed by atoms with E-state index >= 15 is 0 Å². The molecule has 7 heteroatoms. The van der Waals surface area contributed by atoms with Crippen LogP contribution in [0.2, 0.25) is 36.3 Å². The summed E-state index contributed by atoms with van der Waals surface area (Å²) in [6.07, 6.45) is 47.1. The van der Waals surface area contributed by atoms with Crippen molar-refractivity contribution in [2.75, 3.05) is 0 Å². The van der Waals surface area contributed by atoms with E-state index in [0.29, 0.717) is 12.8 Å². The normalized spacial score (nSPS) is 14.8. The van der Waals surface area contributed by atoms with Crippen molar-refractivity contribution in [2.24, 2.45) is 0 Å². The van der Waals surface area contributed by atoms with Gasteiger partial charge in [-0.2, -0.15) is 0 Å². The molecule has 0 saturated heterocycles. The van der Waals surface area contributed by atoms with E-state index in [4.69, 9.17) is 8.85 Å². The summed E-state index contributed by atoms with van der Waals surface area (Å²) >= 11 is 0. The van der Waals surface area contributed by atoms with Gasteiger partial charge in [-0.3, -0.25) is 4.79 Å². The van der Waals surface area contributed by atoms with Crippen LogP contribution >= 0.6 is 0 Å². The molecule has 0 fully saturated rings. The fourth-order valence-corrected chi connectivity index (χ4v) is 11.4. The summed E-state index contributed by atoms with van der Waals surface area (Å²) in [6, 6.07) is -0.372. The molecule has 0 rings (SSSR count). The maximum absolute atomic E-state index is 13.5. The lowest BCUT2D eigenvalue weighted by Gasteiger charge is -2.50. The molecule has 378 valence electrons. The summed E-state index contributed by atoms with van der Waals surface area (Å²) < 4.78 is 14.2. The Kier molecular flexibility index (Phi) is 36.7. The Morgan fingerprint density at radius 2 is 0.730 bits per heavy atom. The summed E-state index contributed by atoms with van der Waals surface area (Å²) in [6.45, 7) is 29.1. The third-order valence-corrected chi connectivity index (χ3v) is 24.1. The third kappa shape index (κ3) is 32.2. The monoisotopic (exact) mass is 924 g/mol. The van der Waals surface area contributed by atoms with Crippen molar-refractivity contribution in [2.45, 2.75) is 354 Å². The van der Waals surface area contributed by atoms with Crippen LogP contribution < -0.4 is 5.32 Å². The lowest BCUT2D eigenvalue weighted by molar-refractivity contribution is -0.219. The van der Waals surface area contributed by atoms with E-state index in [-0.39, 0.29) is 22.0 Å². The van der Waals surface area contributed by atoms with E-state index in [2.05, 4.69) is 86.9 Å². The molecule has 0 heterocycles. The Labute approximate surface area is 399 Å². The second-order valence-corrected chi connectivity index (χ2v) is 33.0. The Morgan fingerprint density at radius 1 is 0.460 bits per heavy atom. The van der Waals surface area contributed by atoms with Gasteiger partial charge in [-0.25, -0.2) is 0 Å². The maximum atomic E-state index is 13.5. The quantitative estimate of drug-likeness (QED) is 0.0363. The van der Waals surface area contributed by atoms with Crippen molar-refractivity contribution in [1.82, 2.24) is 5.32 Å². The highest BCUT2D eigenvalue weighted by Crippen LogP contribution is 2.44. The number of rotatable bonds is 44. The molecule has 0 aromatic rings. The van der Waals surface area contributed by atoms with E-state index in [1.54, 1.807) is 0 Å². The second-order valence-electron chi connectivity index (χ2n) is 23.5. The van der Waals surface area contributed by atoms with Crippen molar-refractivity contribution in [3.05, 3.63) is 0 Å². The molecule has 0 aliphatic carbocycles. The van der Waals surface area contributed by atoms with Gasteiger partial charge in [0.2, 0.25) is 5.91 Å². The molecule has 0 aromatic carbocycles. The third-order valence-electron chi connectivity index (χ3n) is 15.1. The molecular formula is C56H117NO4Si2. The molecule has 5 nitrogen and oxygen atoms in total. The molecule has 0 aliphatic heterocycles. The number of unbranched alkanes of at least 4 members (excludes halogenated alkanes) is 33. The van der Waals surface area contributed by atoms with Crippen molar-refractivity contribution in [3.63, 3.8) is 0 Å². The Balaban J connectivity index is 4.82. The van der Waals surface area contributed by atoms with E-state index < -0.39 is 28.5 Å². The molecule has 0 bridgehead atoms. The number of hydrogen-bond donors (Lipinski definition) is 2. The molecular weight excluding hydrogens is 807 g/mol. The zero-order chi connectivity index (χ0) is 47.5. The molecule has 0 aliphatic rings. The predicted octanol–water partition coefficient (Wildman–Crippen LogP) is 19.1. The lowest BCUT2D eigenvalue weighted by Crippen LogP contribution is -2.64. The summed E-state index contributed by atoms with van der Waals surface area (Å²) in [7, 11) is -4.75. The lowest BCUT2D eigenvalue weighted by atomic mass is 9.96. The zero-order valence-electron chi connectivity index (χ0n) is 45.5. The van der Waals surface area contributed by atoms with Crippen LogP contribution in [0, 0.1) is 0 Å². The van der Waals surface area contributed by atoms with Crippen LogP contribution in [0.25, 0.3) is 0 Å². The average Bonchev–Trinajstić information content (AvgIpc) is 3.19. The molecule has 2 N–H and O–H groups in total. The first-order valence-corrected chi connectivity index (χ1v) is 34.0. The van der Waals surface area contributed by atoms with E-state index in [1.165, 1.54) is 199 Å². The minimum atomic E-state index is -2.40. The van der Waals surface area contributed by atoms with Gasteiger partial charge < -0.3 is 19.3 Å². The van der Waals surface area contributed by atoms with E-state index in [1.807, 2.05) is 6.92 Å². The van der Waals surface area contributed by atoms with Gasteiger partial charge in [-0.15, -0.1) is 0 Å². The van der Waals surface area contributed by atoms with Gasteiger partial charge in [0, 0.05) is 12.8 Å². The highest BCUT2D eigenvalue weighted by molar-refractivity contribution is 6.74. The molecule has 0 saturated carbocycles. The van der Waals surface area contributed by atoms with E-state index in [0.717, 1.165) is 25.7 Å². The van der Waals surface area contributed by atoms with Crippen molar-refractivity contribution >= 4 is 22.5 Å². The predicted molar refractivity (Wildman–Crippen MR) is 285 cm³/mol. The topological polar surface area (TPSA) is 67.8 Å². The first kappa shape index (κ1) is 62.8. The van der Waals surface area contributed by atoms with Crippen LogP contribution in [-0.2, 0) is 13.6 Å². The van der Waals surface area contributed by atoms with Gasteiger partial charge in [0.1, 0.15) is 6.10 Å². The number of hydrogen-bond acceptors (Lipinski definition) is 4. The van der Waals surface area contributed by atoms with Gasteiger partial charge in [0.05, 0.1) is 6.04 Å². The average molecular weight is 925 g/mol. The van der Waals surface area contributed by atoms with Crippen LogP contribution in [0.4, 0.5) is 0 Å². The number of amides is 1. The summed E-state index contributed by atoms with van der Waals surface area (Å²) in [4.78, 5) is 13.5. The minimum absolute atomic E-state index is 0.0470. The molecule has 3 unspecified atom stereocenters. The van der Waals surface area contributed by atoms with Gasteiger partial charge >= 0.3 is 0 Å². The Morgan fingerprint density at radius 3 is 1.02 bits per heavy atom. The number of aliphatic hydroxyl groups is 1. The number of carbonyl (C=O) groups excluding carboxylic acids is 1. The molecule has 3 atom stereocenters. The molecule has 1 amide bonds. The highest BCUT2D eigenvalue weighted by Gasteiger charge is 2.52. The first-order chi connectivity index (χ1) is 29.7. The Hall–Kier alpha value is -0.216. The molecule has 0 spiro atoms. The Bertz CT molecular complexity index is 1050. The number of carbonyl (C=O) groups is 1.